The molecule has 23 heavy (non-hydrogen) atoms. The lowest BCUT2D eigenvalue weighted by Gasteiger charge is -2.19. The monoisotopic (exact) mass is 313 g/mol. The summed E-state index contributed by atoms with van der Waals surface area (Å²) in [4.78, 5) is 14.1. The van der Waals surface area contributed by atoms with Crippen LogP contribution in [0.1, 0.15) is 6.42 Å². The van der Waals surface area contributed by atoms with Crippen LogP contribution in [0.2, 0.25) is 0 Å². The number of rotatable bonds is 4. The van der Waals surface area contributed by atoms with E-state index >= 15 is 0 Å². The Balaban J connectivity index is 1.45. The fourth-order valence-corrected chi connectivity index (χ4v) is 2.82. The van der Waals surface area contributed by atoms with Gasteiger partial charge in [0.15, 0.2) is 0 Å². The normalized spacial score (nSPS) is 17.1. The maximum absolute atomic E-state index is 13.0. The van der Waals surface area contributed by atoms with E-state index in [0.717, 1.165) is 30.9 Å². The molecular weight excluding hydrogens is 293 g/mol. The maximum atomic E-state index is 13.0. The maximum Gasteiger partial charge on any atom is 0.319 e. The van der Waals surface area contributed by atoms with Gasteiger partial charge in [0.1, 0.15) is 5.82 Å². The van der Waals surface area contributed by atoms with Gasteiger partial charge in [0.05, 0.1) is 0 Å². The molecule has 0 aromatic heterocycles. The Morgan fingerprint density at radius 1 is 1.13 bits per heavy atom. The first-order valence-corrected chi connectivity index (χ1v) is 7.81. The van der Waals surface area contributed by atoms with E-state index < -0.39 is 0 Å². The zero-order chi connectivity index (χ0) is 16.1. The van der Waals surface area contributed by atoms with Gasteiger partial charge >= 0.3 is 6.03 Å². The van der Waals surface area contributed by atoms with Gasteiger partial charge in [-0.3, -0.25) is 0 Å². The van der Waals surface area contributed by atoms with Crippen LogP contribution in [0.4, 0.5) is 20.6 Å². The van der Waals surface area contributed by atoms with Gasteiger partial charge in [-0.15, -0.1) is 0 Å². The molecule has 2 amide bonds. The van der Waals surface area contributed by atoms with Gasteiger partial charge in [0.25, 0.3) is 0 Å². The quantitative estimate of drug-likeness (QED) is 0.908. The Morgan fingerprint density at radius 2 is 1.87 bits per heavy atom. The highest BCUT2D eigenvalue weighted by atomic mass is 19.1. The van der Waals surface area contributed by atoms with Crippen molar-refractivity contribution in [2.24, 2.45) is 5.92 Å². The number of benzene rings is 2. The van der Waals surface area contributed by atoms with Crippen molar-refractivity contribution in [3.05, 3.63) is 60.4 Å². The number of halogens is 1. The average Bonchev–Trinajstić information content (AvgIpc) is 3.04. The number of hydrogen-bond acceptors (Lipinski definition) is 2. The van der Waals surface area contributed by atoms with Crippen LogP contribution in [-0.4, -0.2) is 25.7 Å². The molecule has 1 fully saturated rings. The molecule has 2 aromatic carbocycles. The molecule has 0 aliphatic carbocycles. The first-order chi connectivity index (χ1) is 11.2. The molecule has 1 saturated heterocycles. The molecular formula is C18H20FN3O. The third kappa shape index (κ3) is 4.22. The molecule has 0 bridgehead atoms. The number of urea groups is 1. The Kier molecular flexibility index (Phi) is 4.76. The average molecular weight is 313 g/mol. The number of hydrogen-bond donors (Lipinski definition) is 2. The summed E-state index contributed by atoms with van der Waals surface area (Å²) < 4.78 is 13.0. The summed E-state index contributed by atoms with van der Waals surface area (Å²) >= 11 is 0. The summed E-state index contributed by atoms with van der Waals surface area (Å²) in [5.74, 6) is 0.185. The van der Waals surface area contributed by atoms with Gasteiger partial charge in [-0.25, -0.2) is 9.18 Å². The minimum Gasteiger partial charge on any atom is -0.371 e. The predicted molar refractivity (Wildman–Crippen MR) is 90.2 cm³/mol. The smallest absolute Gasteiger partial charge is 0.319 e. The second-order valence-electron chi connectivity index (χ2n) is 5.78. The van der Waals surface area contributed by atoms with Crippen molar-refractivity contribution >= 4 is 17.4 Å². The summed E-state index contributed by atoms with van der Waals surface area (Å²) in [5, 5.41) is 5.73. The molecule has 1 atom stereocenters. The molecule has 1 aliphatic heterocycles. The topological polar surface area (TPSA) is 44.4 Å². The van der Waals surface area contributed by atoms with Crippen molar-refractivity contribution in [3.8, 4) is 0 Å². The molecule has 1 heterocycles. The van der Waals surface area contributed by atoms with E-state index in [1.165, 1.54) is 12.1 Å². The highest BCUT2D eigenvalue weighted by Gasteiger charge is 2.23. The Morgan fingerprint density at radius 3 is 2.61 bits per heavy atom. The molecule has 0 saturated carbocycles. The minimum absolute atomic E-state index is 0.184. The van der Waals surface area contributed by atoms with Gasteiger partial charge < -0.3 is 15.5 Å². The van der Waals surface area contributed by atoms with Gasteiger partial charge in [0.2, 0.25) is 0 Å². The van der Waals surface area contributed by atoms with Gasteiger partial charge in [-0.2, -0.15) is 0 Å². The molecule has 2 aromatic rings. The molecule has 4 nitrogen and oxygen atoms in total. The highest BCUT2D eigenvalue weighted by Crippen LogP contribution is 2.23. The third-order valence-corrected chi connectivity index (χ3v) is 4.06. The number of amides is 2. The third-order valence-electron chi connectivity index (χ3n) is 4.06. The summed E-state index contributed by atoms with van der Waals surface area (Å²) in [6.07, 6.45) is 1.02. The zero-order valence-electron chi connectivity index (χ0n) is 12.8. The summed E-state index contributed by atoms with van der Waals surface area (Å²) in [7, 11) is 0. The Labute approximate surface area is 135 Å². The van der Waals surface area contributed by atoms with Crippen molar-refractivity contribution in [2.45, 2.75) is 6.42 Å². The summed E-state index contributed by atoms with van der Waals surface area (Å²) in [6, 6.07) is 15.8. The summed E-state index contributed by atoms with van der Waals surface area (Å²) in [5.41, 5.74) is 1.81. The largest absolute Gasteiger partial charge is 0.371 e. The number of para-hydroxylation sites is 1. The van der Waals surface area contributed by atoms with Crippen LogP contribution in [0.25, 0.3) is 0 Å². The number of carbonyl (C=O) groups excluding carboxylic acids is 1. The van der Waals surface area contributed by atoms with Crippen LogP contribution in [0.5, 0.6) is 0 Å². The number of nitrogens with zero attached hydrogens (tertiary/aromatic N) is 1. The fraction of sp³-hybridized carbons (Fsp3) is 0.278. The van der Waals surface area contributed by atoms with Crippen molar-refractivity contribution in [1.82, 2.24) is 5.32 Å². The zero-order valence-corrected chi connectivity index (χ0v) is 12.8. The van der Waals surface area contributed by atoms with Gasteiger partial charge in [-0.05, 0) is 48.7 Å². The lowest BCUT2D eigenvalue weighted by Crippen LogP contribution is -2.34. The van der Waals surface area contributed by atoms with E-state index in [9.17, 15) is 9.18 Å². The molecule has 1 aliphatic rings. The second kappa shape index (κ2) is 7.13. The van der Waals surface area contributed by atoms with Crippen LogP contribution in [-0.2, 0) is 0 Å². The van der Waals surface area contributed by atoms with E-state index in [2.05, 4.69) is 15.5 Å². The lowest BCUT2D eigenvalue weighted by atomic mass is 10.1. The molecule has 120 valence electrons. The van der Waals surface area contributed by atoms with Crippen LogP contribution in [0.15, 0.2) is 54.6 Å². The van der Waals surface area contributed by atoms with Crippen molar-refractivity contribution in [3.63, 3.8) is 0 Å². The van der Waals surface area contributed by atoms with Crippen molar-refractivity contribution in [2.75, 3.05) is 29.9 Å². The van der Waals surface area contributed by atoms with Gasteiger partial charge in [0, 0.05) is 31.0 Å². The van der Waals surface area contributed by atoms with Crippen molar-refractivity contribution in [1.29, 1.82) is 0 Å². The Hall–Kier alpha value is -2.56. The fourth-order valence-electron chi connectivity index (χ4n) is 2.82. The molecule has 2 N–H and O–H groups in total. The minimum atomic E-state index is -0.219. The van der Waals surface area contributed by atoms with Crippen LogP contribution < -0.4 is 15.5 Å². The summed E-state index contributed by atoms with van der Waals surface area (Å²) in [6.45, 7) is 2.44. The Bertz CT molecular complexity index is 645. The molecule has 3 rings (SSSR count). The van der Waals surface area contributed by atoms with Crippen LogP contribution in [0.3, 0.4) is 0 Å². The molecule has 0 radical (unpaired) electrons. The molecule has 5 heteroatoms. The first-order valence-electron chi connectivity index (χ1n) is 7.81. The van der Waals surface area contributed by atoms with Crippen LogP contribution >= 0.6 is 0 Å². The van der Waals surface area contributed by atoms with Crippen LogP contribution in [0, 0.1) is 11.7 Å². The standard InChI is InChI=1S/C18H20FN3O/c19-15-6-8-17(9-7-15)22-11-10-14(13-22)12-20-18(23)21-16-4-2-1-3-5-16/h1-9,14H,10-13H2,(H2,20,21,23)/t14-/m0/s1. The van der Waals surface area contributed by atoms with Gasteiger partial charge in [-0.1, -0.05) is 18.2 Å². The highest BCUT2D eigenvalue weighted by molar-refractivity contribution is 5.89. The van der Waals surface area contributed by atoms with Crippen molar-refractivity contribution < 1.29 is 9.18 Å². The van der Waals surface area contributed by atoms with E-state index in [0.29, 0.717) is 12.5 Å². The second-order valence-corrected chi connectivity index (χ2v) is 5.78. The first kappa shape index (κ1) is 15.3. The molecule has 0 unspecified atom stereocenters. The lowest BCUT2D eigenvalue weighted by molar-refractivity contribution is 0.250. The number of carbonyl (C=O) groups is 1. The number of anilines is 2. The number of nitrogens with one attached hydrogen (secondary N) is 2. The van der Waals surface area contributed by atoms with E-state index in [1.807, 2.05) is 30.3 Å². The van der Waals surface area contributed by atoms with E-state index in [1.54, 1.807) is 12.1 Å². The molecule has 0 spiro atoms. The van der Waals surface area contributed by atoms with E-state index in [-0.39, 0.29) is 11.8 Å². The predicted octanol–water partition coefficient (Wildman–Crippen LogP) is 3.47. The van der Waals surface area contributed by atoms with E-state index in [4.69, 9.17) is 0 Å². The SMILES string of the molecule is O=C(NC[C@@H]1CCN(c2ccc(F)cc2)C1)Nc1ccccc1.